The fourth-order valence-electron chi connectivity index (χ4n) is 3.96. The highest BCUT2D eigenvalue weighted by Gasteiger charge is 2.30. The first kappa shape index (κ1) is 19.1. The predicted octanol–water partition coefficient (Wildman–Crippen LogP) is 4.29. The average molecular weight is 445 g/mol. The largest absolute Gasteiger partial charge is 0.489 e. The van der Waals surface area contributed by atoms with Crippen molar-refractivity contribution in [1.29, 1.82) is 0 Å². The standard InChI is InChI=1S/C23H20N6O2S/c1-29-10-14(9-27-29)13-4-19-22(20(5-13)31-17-7-16(30)8-17)23(25-11-24-19)28-15-2-3-18-21(6-15)32-12-26-18/h2-6,9-12,16-17,30H,7-8H2,1H3,(H,24,25,28). The van der Waals surface area contributed by atoms with Crippen molar-refractivity contribution >= 4 is 44.0 Å². The van der Waals surface area contributed by atoms with Gasteiger partial charge in [-0.05, 0) is 35.9 Å². The van der Waals surface area contributed by atoms with E-state index in [9.17, 15) is 5.11 Å². The van der Waals surface area contributed by atoms with Crippen LogP contribution < -0.4 is 10.1 Å². The van der Waals surface area contributed by atoms with Crippen molar-refractivity contribution in [1.82, 2.24) is 24.7 Å². The molecule has 160 valence electrons. The summed E-state index contributed by atoms with van der Waals surface area (Å²) in [6, 6.07) is 10.1. The molecular weight excluding hydrogens is 424 g/mol. The van der Waals surface area contributed by atoms with Crippen molar-refractivity contribution in [3.63, 3.8) is 0 Å². The third-order valence-corrected chi connectivity index (χ3v) is 6.49. The quantitative estimate of drug-likeness (QED) is 0.417. The van der Waals surface area contributed by atoms with Gasteiger partial charge >= 0.3 is 0 Å². The van der Waals surface area contributed by atoms with Gasteiger partial charge in [-0.15, -0.1) is 11.3 Å². The number of aromatic nitrogens is 5. The number of hydrogen-bond donors (Lipinski definition) is 2. The summed E-state index contributed by atoms with van der Waals surface area (Å²) in [4.78, 5) is 13.4. The van der Waals surface area contributed by atoms with Crippen molar-refractivity contribution in [2.75, 3.05) is 5.32 Å². The number of hydrogen-bond acceptors (Lipinski definition) is 8. The molecule has 1 fully saturated rings. The molecule has 0 radical (unpaired) electrons. The lowest BCUT2D eigenvalue weighted by atomic mass is 9.92. The Bertz CT molecular complexity index is 1440. The molecule has 0 aliphatic heterocycles. The van der Waals surface area contributed by atoms with Gasteiger partial charge in [0.05, 0.1) is 38.9 Å². The van der Waals surface area contributed by atoms with Gasteiger partial charge in [0, 0.05) is 37.3 Å². The second-order valence-electron chi connectivity index (χ2n) is 8.02. The second-order valence-corrected chi connectivity index (χ2v) is 8.90. The normalized spacial score (nSPS) is 18.1. The van der Waals surface area contributed by atoms with Gasteiger partial charge in [-0.2, -0.15) is 5.10 Å². The number of ether oxygens (including phenoxy) is 1. The maximum atomic E-state index is 9.73. The molecule has 2 aromatic carbocycles. The van der Waals surface area contributed by atoms with E-state index in [-0.39, 0.29) is 12.2 Å². The van der Waals surface area contributed by atoms with E-state index in [0.29, 0.717) is 24.4 Å². The van der Waals surface area contributed by atoms with Crippen LogP contribution in [0.15, 0.2) is 54.6 Å². The molecule has 0 bridgehead atoms. The molecule has 9 heteroatoms. The maximum absolute atomic E-state index is 9.73. The highest BCUT2D eigenvalue weighted by atomic mass is 32.1. The zero-order chi connectivity index (χ0) is 21.7. The Hall–Kier alpha value is -3.56. The van der Waals surface area contributed by atoms with Gasteiger partial charge in [0.15, 0.2) is 0 Å². The molecule has 32 heavy (non-hydrogen) atoms. The fourth-order valence-corrected chi connectivity index (χ4v) is 4.68. The van der Waals surface area contributed by atoms with Gasteiger partial charge in [0.25, 0.3) is 0 Å². The first-order valence-corrected chi connectivity index (χ1v) is 11.2. The van der Waals surface area contributed by atoms with E-state index in [4.69, 9.17) is 4.74 Å². The van der Waals surface area contributed by atoms with Gasteiger partial charge in [-0.1, -0.05) is 0 Å². The Morgan fingerprint density at radius 1 is 1.09 bits per heavy atom. The summed E-state index contributed by atoms with van der Waals surface area (Å²) >= 11 is 1.60. The van der Waals surface area contributed by atoms with E-state index in [1.807, 2.05) is 49.2 Å². The molecule has 0 atom stereocenters. The first-order valence-electron chi connectivity index (χ1n) is 10.3. The van der Waals surface area contributed by atoms with Crippen molar-refractivity contribution in [3.05, 3.63) is 54.6 Å². The van der Waals surface area contributed by atoms with Gasteiger partial charge in [-0.3, -0.25) is 4.68 Å². The van der Waals surface area contributed by atoms with Gasteiger partial charge in [0.1, 0.15) is 24.0 Å². The molecule has 0 spiro atoms. The lowest BCUT2D eigenvalue weighted by molar-refractivity contribution is -0.0100. The zero-order valence-corrected chi connectivity index (χ0v) is 18.1. The lowest BCUT2D eigenvalue weighted by Gasteiger charge is -2.32. The van der Waals surface area contributed by atoms with Crippen LogP contribution in [0.2, 0.25) is 0 Å². The molecule has 0 saturated heterocycles. The summed E-state index contributed by atoms with van der Waals surface area (Å²) in [7, 11) is 1.89. The topological polar surface area (TPSA) is 98.0 Å². The van der Waals surface area contributed by atoms with Gasteiger partial charge in [0.2, 0.25) is 0 Å². The van der Waals surface area contributed by atoms with Gasteiger partial charge in [-0.25, -0.2) is 15.0 Å². The van der Waals surface area contributed by atoms with Crippen LogP contribution in [0.1, 0.15) is 12.8 Å². The minimum absolute atomic E-state index is 0.0288. The van der Waals surface area contributed by atoms with Crippen LogP contribution in [0.3, 0.4) is 0 Å². The Morgan fingerprint density at radius 3 is 2.81 bits per heavy atom. The van der Waals surface area contributed by atoms with Crippen molar-refractivity contribution in [3.8, 4) is 16.9 Å². The fraction of sp³-hybridized carbons (Fsp3) is 0.217. The van der Waals surface area contributed by atoms with Crippen LogP contribution in [-0.4, -0.2) is 42.0 Å². The third-order valence-electron chi connectivity index (χ3n) is 5.70. The first-order chi connectivity index (χ1) is 15.6. The SMILES string of the molecule is Cn1cc(-c2cc(OC3CC(O)C3)c3c(Nc4ccc5ncsc5c4)ncnc3c2)cn1. The molecule has 1 saturated carbocycles. The van der Waals surface area contributed by atoms with E-state index in [1.165, 1.54) is 0 Å². The molecule has 8 nitrogen and oxygen atoms in total. The number of nitrogens with one attached hydrogen (secondary N) is 1. The number of anilines is 2. The van der Waals surface area contributed by atoms with E-state index in [1.54, 1.807) is 22.3 Å². The van der Waals surface area contributed by atoms with E-state index in [2.05, 4.69) is 31.4 Å². The number of rotatable bonds is 5. The highest BCUT2D eigenvalue weighted by Crippen LogP contribution is 2.38. The average Bonchev–Trinajstić information content (AvgIpc) is 3.41. The summed E-state index contributed by atoms with van der Waals surface area (Å²) in [5.74, 6) is 1.37. The van der Waals surface area contributed by atoms with E-state index in [0.717, 1.165) is 37.9 Å². The highest BCUT2D eigenvalue weighted by molar-refractivity contribution is 7.16. The molecule has 0 unspecified atom stereocenters. The molecule has 5 aromatic rings. The van der Waals surface area contributed by atoms with E-state index < -0.39 is 0 Å². The van der Waals surface area contributed by atoms with Crippen molar-refractivity contribution in [2.45, 2.75) is 25.0 Å². The summed E-state index contributed by atoms with van der Waals surface area (Å²) in [5.41, 5.74) is 6.46. The molecule has 0 amide bonds. The Balaban J connectivity index is 1.46. The third kappa shape index (κ3) is 3.45. The summed E-state index contributed by atoms with van der Waals surface area (Å²) in [6.45, 7) is 0. The number of aliphatic hydroxyl groups excluding tert-OH is 1. The number of aryl methyl sites for hydroxylation is 1. The lowest BCUT2D eigenvalue weighted by Crippen LogP contribution is -2.37. The zero-order valence-electron chi connectivity index (χ0n) is 17.3. The summed E-state index contributed by atoms with van der Waals surface area (Å²) < 4.78 is 9.20. The number of benzene rings is 2. The smallest absolute Gasteiger partial charge is 0.145 e. The molecule has 6 rings (SSSR count). The molecule has 2 N–H and O–H groups in total. The number of thiazole rings is 1. The molecule has 3 heterocycles. The van der Waals surface area contributed by atoms with Crippen LogP contribution in [0.4, 0.5) is 11.5 Å². The minimum atomic E-state index is -0.298. The monoisotopic (exact) mass is 444 g/mol. The molecular formula is C23H20N6O2S. The van der Waals surface area contributed by atoms with Crippen molar-refractivity contribution < 1.29 is 9.84 Å². The predicted molar refractivity (Wildman–Crippen MR) is 124 cm³/mol. The van der Waals surface area contributed by atoms with Crippen LogP contribution in [0.5, 0.6) is 5.75 Å². The second kappa shape index (κ2) is 7.54. The Kier molecular flexibility index (Phi) is 4.51. The number of nitrogens with zero attached hydrogens (tertiary/aromatic N) is 5. The van der Waals surface area contributed by atoms with E-state index >= 15 is 0 Å². The molecule has 1 aliphatic carbocycles. The van der Waals surface area contributed by atoms with Crippen LogP contribution in [0, 0.1) is 0 Å². The molecule has 1 aliphatic rings. The number of aliphatic hydroxyl groups is 1. The van der Waals surface area contributed by atoms with Crippen molar-refractivity contribution in [2.24, 2.45) is 7.05 Å². The van der Waals surface area contributed by atoms with Crippen LogP contribution >= 0.6 is 11.3 Å². The number of fused-ring (bicyclic) bond motifs is 2. The summed E-state index contributed by atoms with van der Waals surface area (Å²) in [6.07, 6.45) is 6.26. The minimum Gasteiger partial charge on any atom is -0.489 e. The Morgan fingerprint density at radius 2 is 2.00 bits per heavy atom. The Labute approximate surface area is 187 Å². The van der Waals surface area contributed by atoms with Gasteiger partial charge < -0.3 is 15.2 Å². The summed E-state index contributed by atoms with van der Waals surface area (Å²) in [5, 5.41) is 18.3. The molecule has 3 aromatic heterocycles. The maximum Gasteiger partial charge on any atom is 0.145 e. The van der Waals surface area contributed by atoms with Crippen LogP contribution in [-0.2, 0) is 7.05 Å². The van der Waals surface area contributed by atoms with Crippen LogP contribution in [0.25, 0.3) is 32.2 Å².